The van der Waals surface area contributed by atoms with Gasteiger partial charge in [-0.1, -0.05) is 13.2 Å². The molecule has 0 spiro atoms. The molecule has 0 unspecified atom stereocenters. The maximum Gasteiger partial charge on any atom is 0.292 e. The molecule has 0 amide bonds. The third kappa shape index (κ3) is 4.66. The second-order valence-corrected chi connectivity index (χ2v) is 1.65. The molecule has 0 saturated carbocycles. The molecule has 0 aliphatic rings. The highest BCUT2D eigenvalue weighted by molar-refractivity contribution is 5.18. The van der Waals surface area contributed by atoms with Crippen LogP contribution >= 0.6 is 0 Å². The predicted octanol–water partition coefficient (Wildman–Crippen LogP) is 1.57. The predicted molar refractivity (Wildman–Crippen MR) is 40.8 cm³/mol. The third-order valence-electron chi connectivity index (χ3n) is 0.809. The van der Waals surface area contributed by atoms with Crippen LogP contribution < -0.4 is 0 Å². The van der Waals surface area contributed by atoms with Gasteiger partial charge < -0.3 is 9.47 Å². The number of nitrogens with zero attached hydrogens (tertiary/aromatic N) is 2. The van der Waals surface area contributed by atoms with Crippen molar-refractivity contribution in [2.45, 2.75) is 0 Å². The summed E-state index contributed by atoms with van der Waals surface area (Å²) < 4.78 is 8.63. The summed E-state index contributed by atoms with van der Waals surface area (Å²) >= 11 is 0. The number of ether oxygens (including phenoxy) is 2. The Morgan fingerprint density at radius 1 is 1.00 bits per heavy atom. The molecule has 0 N–H and O–H groups in total. The van der Waals surface area contributed by atoms with E-state index in [1.807, 2.05) is 0 Å². The largest absolute Gasteiger partial charge is 0.389 e. The van der Waals surface area contributed by atoms with E-state index in [9.17, 15) is 0 Å². The summed E-state index contributed by atoms with van der Waals surface area (Å²) in [5, 5.41) is 16.1. The van der Waals surface area contributed by atoms with E-state index in [1.54, 1.807) is 0 Å². The molecular formula is C8H6N2O2. The minimum absolute atomic E-state index is 0.153. The standard InChI is InChI=1S/C8H6N2O2/c1-7(11-5-9)3-4-8(2)12-6-10/h3-4H,1-2H2/b4-3-. The van der Waals surface area contributed by atoms with Gasteiger partial charge in [0.1, 0.15) is 11.5 Å². The zero-order valence-electron chi connectivity index (χ0n) is 6.28. The van der Waals surface area contributed by atoms with E-state index >= 15 is 0 Å². The van der Waals surface area contributed by atoms with Crippen LogP contribution in [0.15, 0.2) is 36.8 Å². The average molecular weight is 162 g/mol. The molecule has 12 heavy (non-hydrogen) atoms. The topological polar surface area (TPSA) is 66.0 Å². The molecule has 0 aromatic heterocycles. The molecule has 60 valence electrons. The lowest BCUT2D eigenvalue weighted by Crippen LogP contribution is -1.80. The van der Waals surface area contributed by atoms with Crippen LogP contribution in [0.3, 0.4) is 0 Å². The van der Waals surface area contributed by atoms with Crippen molar-refractivity contribution in [1.29, 1.82) is 10.5 Å². The summed E-state index contributed by atoms with van der Waals surface area (Å²) in [7, 11) is 0. The first-order valence-corrected chi connectivity index (χ1v) is 2.88. The van der Waals surface area contributed by atoms with Crippen LogP contribution in [0.2, 0.25) is 0 Å². The Morgan fingerprint density at radius 2 is 1.33 bits per heavy atom. The fourth-order valence-electron chi connectivity index (χ4n) is 0.371. The van der Waals surface area contributed by atoms with Crippen LogP contribution in [0.5, 0.6) is 0 Å². The van der Waals surface area contributed by atoms with E-state index in [-0.39, 0.29) is 11.5 Å². The Balaban J connectivity index is 3.93. The van der Waals surface area contributed by atoms with Crippen LogP contribution in [0.25, 0.3) is 0 Å². The summed E-state index contributed by atoms with van der Waals surface area (Å²) in [5.41, 5.74) is 0. The molecule has 0 fully saturated rings. The van der Waals surface area contributed by atoms with E-state index in [4.69, 9.17) is 10.5 Å². The lowest BCUT2D eigenvalue weighted by molar-refractivity contribution is 0.386. The van der Waals surface area contributed by atoms with Crippen molar-refractivity contribution >= 4 is 0 Å². The van der Waals surface area contributed by atoms with Gasteiger partial charge in [0, 0.05) is 0 Å². The van der Waals surface area contributed by atoms with Crippen LogP contribution in [0, 0.1) is 23.0 Å². The van der Waals surface area contributed by atoms with Gasteiger partial charge in [-0.25, -0.2) is 0 Å². The number of nitriles is 2. The van der Waals surface area contributed by atoms with Crippen LogP contribution in [-0.2, 0) is 9.47 Å². The number of rotatable bonds is 4. The highest BCUT2D eigenvalue weighted by Gasteiger charge is 1.88. The van der Waals surface area contributed by atoms with Gasteiger partial charge in [0.25, 0.3) is 12.5 Å². The smallest absolute Gasteiger partial charge is 0.292 e. The third-order valence-corrected chi connectivity index (χ3v) is 0.809. The van der Waals surface area contributed by atoms with Gasteiger partial charge in [-0.3, -0.25) is 0 Å². The van der Waals surface area contributed by atoms with Gasteiger partial charge in [0.15, 0.2) is 0 Å². The van der Waals surface area contributed by atoms with Crippen molar-refractivity contribution in [2.75, 3.05) is 0 Å². The van der Waals surface area contributed by atoms with Crippen molar-refractivity contribution < 1.29 is 9.47 Å². The average Bonchev–Trinajstić information content (AvgIpc) is 2.02. The lowest BCUT2D eigenvalue weighted by atomic mass is 10.4. The molecule has 0 aromatic rings. The maximum atomic E-state index is 8.03. The first-order valence-electron chi connectivity index (χ1n) is 2.88. The van der Waals surface area contributed by atoms with Gasteiger partial charge in [-0.15, -0.1) is 10.5 Å². The molecule has 4 nitrogen and oxygen atoms in total. The highest BCUT2D eigenvalue weighted by Crippen LogP contribution is 1.99. The Hall–Kier alpha value is -2.20. The fourth-order valence-corrected chi connectivity index (χ4v) is 0.371. The van der Waals surface area contributed by atoms with Crippen LogP contribution in [-0.4, -0.2) is 0 Å². The number of hydrogen-bond acceptors (Lipinski definition) is 4. The molecule has 0 aliphatic carbocycles. The Morgan fingerprint density at radius 3 is 1.58 bits per heavy atom. The molecule has 0 saturated heterocycles. The molecular weight excluding hydrogens is 156 g/mol. The second kappa shape index (κ2) is 5.57. The van der Waals surface area contributed by atoms with E-state index in [2.05, 4.69) is 22.6 Å². The monoisotopic (exact) mass is 162 g/mol. The minimum atomic E-state index is 0.153. The summed E-state index contributed by atoms with van der Waals surface area (Å²) in [6.45, 7) is 6.73. The second-order valence-electron chi connectivity index (χ2n) is 1.65. The van der Waals surface area contributed by atoms with Crippen LogP contribution in [0.4, 0.5) is 0 Å². The molecule has 0 aliphatic heterocycles. The molecule has 4 heteroatoms. The summed E-state index contributed by atoms with van der Waals surface area (Å²) in [6.07, 6.45) is 5.60. The molecule has 0 rings (SSSR count). The van der Waals surface area contributed by atoms with Gasteiger partial charge in [0.05, 0.1) is 0 Å². The molecule has 0 atom stereocenters. The SMILES string of the molecule is C=C(/C=C\C(=C)OC#N)OC#N. The number of hydrogen-bond donors (Lipinski definition) is 0. The zero-order valence-corrected chi connectivity index (χ0v) is 6.28. The Labute approximate surface area is 70.2 Å². The van der Waals surface area contributed by atoms with Crippen molar-refractivity contribution in [3.8, 4) is 12.5 Å². The highest BCUT2D eigenvalue weighted by atomic mass is 16.5. The zero-order chi connectivity index (χ0) is 9.40. The Kier molecular flexibility index (Phi) is 4.55. The minimum Gasteiger partial charge on any atom is -0.389 e. The van der Waals surface area contributed by atoms with Gasteiger partial charge in [-0.05, 0) is 12.2 Å². The van der Waals surface area contributed by atoms with Gasteiger partial charge >= 0.3 is 0 Å². The van der Waals surface area contributed by atoms with Gasteiger partial charge in [-0.2, -0.15) is 0 Å². The quantitative estimate of drug-likeness (QED) is 0.357. The van der Waals surface area contributed by atoms with E-state index in [1.165, 1.54) is 24.7 Å². The molecule has 0 radical (unpaired) electrons. The van der Waals surface area contributed by atoms with Crippen molar-refractivity contribution in [2.24, 2.45) is 0 Å². The lowest BCUT2D eigenvalue weighted by Gasteiger charge is -1.92. The number of allylic oxidation sites excluding steroid dienone is 2. The molecule has 0 bridgehead atoms. The normalized spacial score (nSPS) is 8.17. The maximum absolute atomic E-state index is 8.03. The van der Waals surface area contributed by atoms with E-state index in [0.717, 1.165) is 0 Å². The van der Waals surface area contributed by atoms with E-state index < -0.39 is 0 Å². The van der Waals surface area contributed by atoms with Crippen molar-refractivity contribution in [3.63, 3.8) is 0 Å². The van der Waals surface area contributed by atoms with Crippen molar-refractivity contribution in [1.82, 2.24) is 0 Å². The molecule has 0 aromatic carbocycles. The summed E-state index contributed by atoms with van der Waals surface area (Å²) in [4.78, 5) is 0. The van der Waals surface area contributed by atoms with Crippen LogP contribution in [0.1, 0.15) is 0 Å². The van der Waals surface area contributed by atoms with Crippen molar-refractivity contribution in [3.05, 3.63) is 36.8 Å². The first-order chi connectivity index (χ1) is 5.70. The van der Waals surface area contributed by atoms with Gasteiger partial charge in [0.2, 0.25) is 0 Å². The fraction of sp³-hybridized carbons (Fsp3) is 0. The van der Waals surface area contributed by atoms with E-state index in [0.29, 0.717) is 0 Å². The first kappa shape index (κ1) is 9.80. The summed E-state index contributed by atoms with van der Waals surface area (Å²) in [5.74, 6) is 0.306. The summed E-state index contributed by atoms with van der Waals surface area (Å²) in [6, 6.07) is 0. The Bertz CT molecular complexity index is 261. The molecule has 0 heterocycles.